The van der Waals surface area contributed by atoms with Gasteiger partial charge in [-0.3, -0.25) is 0 Å². The summed E-state index contributed by atoms with van der Waals surface area (Å²) < 4.78 is 3.19. The maximum Gasteiger partial charge on any atom is 0.146 e. The Hall–Kier alpha value is -0.900. The van der Waals surface area contributed by atoms with Gasteiger partial charge in [0.1, 0.15) is 20.3 Å². The van der Waals surface area contributed by atoms with Crippen molar-refractivity contribution >= 4 is 23.5 Å². The Morgan fingerprint density at radius 3 is 2.23 bits per heavy atom. The van der Waals surface area contributed by atoms with Gasteiger partial charge >= 0.3 is 0 Å². The summed E-state index contributed by atoms with van der Waals surface area (Å²) in [5, 5.41) is 0.739. The topological polar surface area (TPSA) is 2.70 Å². The van der Waals surface area contributed by atoms with Crippen molar-refractivity contribution in [3.8, 4) is 0 Å². The van der Waals surface area contributed by atoms with Crippen LogP contribution in [0.3, 0.4) is 0 Å². The van der Waals surface area contributed by atoms with E-state index in [1.54, 1.807) is 0 Å². The summed E-state index contributed by atoms with van der Waals surface area (Å²) >= 11 is 3.93. The molecule has 1 nitrogen and oxygen atoms in total. The van der Waals surface area contributed by atoms with Crippen LogP contribution in [-0.4, -0.2) is 25.6 Å². The van der Waals surface area contributed by atoms with Crippen molar-refractivity contribution in [2.75, 3.05) is 20.3 Å². The van der Waals surface area contributed by atoms with E-state index in [0.717, 1.165) is 18.5 Å². The molecular weight excluding hydrogens is 308 g/mol. The monoisotopic (exact) mass is 331 g/mol. The molecule has 0 unspecified atom stereocenters. The van der Waals surface area contributed by atoms with Crippen LogP contribution in [0.2, 0.25) is 0 Å². The molecule has 0 atom stereocenters. The first-order valence-corrected chi connectivity index (χ1v) is 9.50. The molecule has 0 saturated carbocycles. The zero-order valence-corrected chi connectivity index (χ0v) is 14.9. The third-order valence-electron chi connectivity index (χ3n) is 3.97. The molecule has 0 aromatic heterocycles. The fourth-order valence-corrected chi connectivity index (χ4v) is 4.81. The maximum absolute atomic E-state index is 3.19. The van der Waals surface area contributed by atoms with E-state index in [-0.39, 0.29) is 0 Å². The summed E-state index contributed by atoms with van der Waals surface area (Å²) in [4.78, 5) is 4.12. The molecule has 0 spiro atoms. The zero-order valence-electron chi connectivity index (χ0n) is 13.2. The molecular formula is C19H23OS2+. The summed E-state index contributed by atoms with van der Waals surface area (Å²) in [7, 11) is 2.14. The van der Waals surface area contributed by atoms with Gasteiger partial charge in [0, 0.05) is 32.8 Å². The Morgan fingerprint density at radius 2 is 1.55 bits per heavy atom. The molecule has 3 heteroatoms. The predicted octanol–water partition coefficient (Wildman–Crippen LogP) is 5.58. The van der Waals surface area contributed by atoms with Crippen molar-refractivity contribution in [1.82, 2.24) is 0 Å². The van der Waals surface area contributed by atoms with Crippen LogP contribution in [0.4, 0.5) is 0 Å². The molecule has 2 aromatic carbocycles. The molecule has 1 heterocycles. The average molecular weight is 332 g/mol. The first-order chi connectivity index (χ1) is 10.7. The Labute approximate surface area is 142 Å². The number of benzene rings is 2. The molecule has 1 aliphatic rings. The number of thioether (sulfide) groups is 1. The number of hydrogen-bond acceptors (Lipinski definition) is 2. The van der Waals surface area contributed by atoms with Gasteiger partial charge in [0.2, 0.25) is 0 Å². The second kappa shape index (κ2) is 7.58. The maximum atomic E-state index is 3.19. The van der Waals surface area contributed by atoms with Crippen LogP contribution in [0.25, 0.3) is 0 Å². The molecule has 0 radical (unpaired) electrons. The number of aryl methyl sites for hydroxylation is 1. The summed E-state index contributed by atoms with van der Waals surface area (Å²) in [6, 6.07) is 17.6. The van der Waals surface area contributed by atoms with Crippen molar-refractivity contribution in [2.24, 2.45) is 0 Å². The minimum absolute atomic E-state index is 0.739. The number of hydrogen-bond donors (Lipinski definition) is 0. The quantitative estimate of drug-likeness (QED) is 0.672. The largest absolute Gasteiger partial charge is 0.424 e. The number of rotatable bonds is 4. The lowest BCUT2D eigenvalue weighted by Crippen LogP contribution is -2.25. The third-order valence-corrected chi connectivity index (χ3v) is 6.60. The minimum atomic E-state index is 0.739. The molecule has 3 rings (SSSR count). The van der Waals surface area contributed by atoms with Crippen LogP contribution in [0.5, 0.6) is 0 Å². The van der Waals surface area contributed by atoms with Crippen molar-refractivity contribution in [2.45, 2.75) is 39.7 Å². The van der Waals surface area contributed by atoms with E-state index >= 15 is 0 Å². The molecule has 1 aliphatic heterocycles. The molecule has 0 N–H and O–H groups in total. The summed E-state index contributed by atoms with van der Waals surface area (Å²) in [6.45, 7) is 4.42. The van der Waals surface area contributed by atoms with Crippen molar-refractivity contribution in [3.63, 3.8) is 0 Å². The fourth-order valence-electron chi connectivity index (χ4n) is 2.57. The average Bonchev–Trinajstić information content (AvgIpc) is 2.54. The van der Waals surface area contributed by atoms with Gasteiger partial charge in [-0.1, -0.05) is 41.6 Å². The van der Waals surface area contributed by atoms with E-state index in [1.165, 1.54) is 33.1 Å². The van der Waals surface area contributed by atoms with E-state index in [4.69, 9.17) is 0 Å². The Morgan fingerprint density at radius 1 is 0.909 bits per heavy atom. The van der Waals surface area contributed by atoms with Crippen molar-refractivity contribution in [3.05, 3.63) is 54.1 Å². The highest BCUT2D eigenvalue weighted by Crippen LogP contribution is 2.39. The van der Waals surface area contributed by atoms with Gasteiger partial charge in [-0.15, -0.1) is 11.8 Å². The van der Waals surface area contributed by atoms with Gasteiger partial charge in [0.05, 0.1) is 0 Å². The lowest BCUT2D eigenvalue weighted by molar-refractivity contribution is -0.117. The Bertz CT molecular complexity index is 601. The van der Waals surface area contributed by atoms with E-state index in [1.807, 2.05) is 11.8 Å². The smallest absolute Gasteiger partial charge is 0.146 e. The van der Waals surface area contributed by atoms with Gasteiger partial charge in [0.15, 0.2) is 0 Å². The SMILES string of the molecule is Cc1ccc(Sc2ccccc2SC2CC[O+](C)CC2)cc1. The van der Waals surface area contributed by atoms with Gasteiger partial charge in [-0.25, -0.2) is 0 Å². The van der Waals surface area contributed by atoms with Crippen LogP contribution in [0.1, 0.15) is 18.4 Å². The van der Waals surface area contributed by atoms with Crippen LogP contribution in [0, 0.1) is 6.92 Å². The second-order valence-electron chi connectivity index (χ2n) is 5.87. The highest BCUT2D eigenvalue weighted by Gasteiger charge is 2.22. The lowest BCUT2D eigenvalue weighted by atomic mass is 10.2. The summed E-state index contributed by atoms with van der Waals surface area (Å²) in [6.07, 6.45) is 2.52. The summed E-state index contributed by atoms with van der Waals surface area (Å²) in [5.41, 5.74) is 1.32. The highest BCUT2D eigenvalue weighted by molar-refractivity contribution is 8.02. The standard InChI is InChI=1S/C19H23OS2/c1-15-7-9-16(10-8-15)21-18-5-3-4-6-19(18)22-17-11-13-20(2)14-12-17/h3-10,17H,11-14H2,1-2H3/q+1. The molecule has 2 aromatic rings. The van der Waals surface area contributed by atoms with E-state index in [0.29, 0.717) is 0 Å². The Kier molecular flexibility index (Phi) is 5.51. The molecule has 22 heavy (non-hydrogen) atoms. The highest BCUT2D eigenvalue weighted by atomic mass is 32.2. The second-order valence-corrected chi connectivity index (χ2v) is 8.33. The minimum Gasteiger partial charge on any atom is -0.424 e. The lowest BCUT2D eigenvalue weighted by Gasteiger charge is -2.26. The van der Waals surface area contributed by atoms with E-state index < -0.39 is 0 Å². The molecule has 0 aliphatic carbocycles. The Balaban J connectivity index is 1.71. The first kappa shape index (κ1) is 16.0. The molecule has 116 valence electrons. The molecule has 0 bridgehead atoms. The van der Waals surface area contributed by atoms with E-state index in [2.05, 4.69) is 78.7 Å². The van der Waals surface area contributed by atoms with Crippen molar-refractivity contribution in [1.29, 1.82) is 0 Å². The first-order valence-electron chi connectivity index (χ1n) is 7.80. The fraction of sp³-hybridized carbons (Fsp3) is 0.368. The third kappa shape index (κ3) is 4.31. The van der Waals surface area contributed by atoms with Gasteiger partial charge in [0.25, 0.3) is 0 Å². The summed E-state index contributed by atoms with van der Waals surface area (Å²) in [5.74, 6) is 0. The van der Waals surface area contributed by atoms with Gasteiger partial charge in [-0.2, -0.15) is 0 Å². The predicted molar refractivity (Wildman–Crippen MR) is 97.4 cm³/mol. The normalized spacial score (nSPS) is 16.8. The van der Waals surface area contributed by atoms with E-state index in [9.17, 15) is 0 Å². The molecule has 0 amide bonds. The van der Waals surface area contributed by atoms with Crippen LogP contribution in [-0.2, 0) is 4.37 Å². The molecule has 1 fully saturated rings. The van der Waals surface area contributed by atoms with Crippen LogP contribution >= 0.6 is 23.5 Å². The van der Waals surface area contributed by atoms with Crippen LogP contribution in [0.15, 0.2) is 63.2 Å². The van der Waals surface area contributed by atoms with Gasteiger partial charge < -0.3 is 4.37 Å². The van der Waals surface area contributed by atoms with Crippen molar-refractivity contribution < 1.29 is 4.37 Å². The molecule has 1 saturated heterocycles. The van der Waals surface area contributed by atoms with Crippen LogP contribution < -0.4 is 0 Å². The van der Waals surface area contributed by atoms with Gasteiger partial charge in [-0.05, 0) is 31.2 Å². The zero-order chi connectivity index (χ0) is 15.4.